The van der Waals surface area contributed by atoms with Crippen LogP contribution in [0.2, 0.25) is 0 Å². The van der Waals surface area contributed by atoms with Gasteiger partial charge in [-0.3, -0.25) is 0 Å². The van der Waals surface area contributed by atoms with Crippen molar-refractivity contribution in [1.29, 1.82) is 0 Å². The predicted molar refractivity (Wildman–Crippen MR) is 92.7 cm³/mol. The van der Waals surface area contributed by atoms with Gasteiger partial charge in [-0.25, -0.2) is 0 Å². The minimum atomic E-state index is 0.545. The third-order valence-corrected chi connectivity index (χ3v) is 5.70. The van der Waals surface area contributed by atoms with Gasteiger partial charge in [-0.2, -0.15) is 0 Å². The van der Waals surface area contributed by atoms with E-state index in [4.69, 9.17) is 0 Å². The molecule has 1 saturated carbocycles. The van der Waals surface area contributed by atoms with Gasteiger partial charge in [0.25, 0.3) is 0 Å². The number of likely N-dealkylation sites (tertiary alicyclic amines) is 1. The van der Waals surface area contributed by atoms with Gasteiger partial charge in [-0.05, 0) is 49.5 Å². The molecule has 1 heterocycles. The quantitative estimate of drug-likeness (QED) is 0.753. The molecule has 1 N–H and O–H groups in total. The summed E-state index contributed by atoms with van der Waals surface area (Å²) in [7, 11) is 0. The third kappa shape index (κ3) is 5.25. The smallest absolute Gasteiger partial charge is 0.00504 e. The maximum atomic E-state index is 3.76. The van der Waals surface area contributed by atoms with E-state index in [1.165, 1.54) is 71.1 Å². The average molecular weight is 295 g/mol. The third-order valence-electron chi connectivity index (χ3n) is 5.70. The SMILES string of the molecule is CCCC1CCN(CC2(CNC(C)C)CCCC(C)C2)C1. The van der Waals surface area contributed by atoms with Gasteiger partial charge >= 0.3 is 0 Å². The summed E-state index contributed by atoms with van der Waals surface area (Å²) in [4.78, 5) is 2.79. The van der Waals surface area contributed by atoms with E-state index in [-0.39, 0.29) is 0 Å². The first-order valence-electron chi connectivity index (χ1n) is 9.49. The summed E-state index contributed by atoms with van der Waals surface area (Å²) in [5, 5.41) is 3.76. The molecule has 2 aliphatic rings. The van der Waals surface area contributed by atoms with E-state index in [2.05, 4.69) is 37.9 Å². The maximum absolute atomic E-state index is 3.76. The van der Waals surface area contributed by atoms with E-state index < -0.39 is 0 Å². The van der Waals surface area contributed by atoms with E-state index in [1.54, 1.807) is 0 Å². The topological polar surface area (TPSA) is 15.3 Å². The molecule has 2 rings (SSSR count). The van der Waals surface area contributed by atoms with Crippen LogP contribution >= 0.6 is 0 Å². The molecule has 1 aliphatic heterocycles. The lowest BCUT2D eigenvalue weighted by molar-refractivity contribution is 0.0871. The molecule has 1 saturated heterocycles. The highest BCUT2D eigenvalue weighted by atomic mass is 15.2. The van der Waals surface area contributed by atoms with Crippen molar-refractivity contribution >= 4 is 0 Å². The largest absolute Gasteiger partial charge is 0.314 e. The molecular weight excluding hydrogens is 256 g/mol. The minimum Gasteiger partial charge on any atom is -0.314 e. The van der Waals surface area contributed by atoms with Crippen molar-refractivity contribution in [2.75, 3.05) is 26.2 Å². The van der Waals surface area contributed by atoms with E-state index in [1.807, 2.05) is 0 Å². The lowest BCUT2D eigenvalue weighted by Gasteiger charge is -2.43. The lowest BCUT2D eigenvalue weighted by Crippen LogP contribution is -2.47. The molecule has 0 spiro atoms. The fourth-order valence-corrected chi connectivity index (χ4v) is 4.72. The van der Waals surface area contributed by atoms with Crippen molar-refractivity contribution in [2.24, 2.45) is 17.3 Å². The number of hydrogen-bond acceptors (Lipinski definition) is 2. The van der Waals surface area contributed by atoms with E-state index in [0.717, 1.165) is 11.8 Å². The molecule has 2 nitrogen and oxygen atoms in total. The molecule has 3 atom stereocenters. The molecule has 1 aliphatic carbocycles. The van der Waals surface area contributed by atoms with E-state index in [9.17, 15) is 0 Å². The zero-order valence-corrected chi connectivity index (χ0v) is 15.0. The highest BCUT2D eigenvalue weighted by Gasteiger charge is 2.37. The summed E-state index contributed by atoms with van der Waals surface area (Å²) in [6, 6.07) is 0.616. The van der Waals surface area contributed by atoms with Crippen LogP contribution in [0, 0.1) is 17.3 Å². The number of rotatable bonds is 7. The van der Waals surface area contributed by atoms with Crippen LogP contribution < -0.4 is 5.32 Å². The Hall–Kier alpha value is -0.0800. The highest BCUT2D eigenvalue weighted by molar-refractivity contribution is 4.92. The second kappa shape index (κ2) is 7.97. The Labute approximate surface area is 133 Å². The molecule has 2 heteroatoms. The van der Waals surface area contributed by atoms with Gasteiger partial charge in [0.05, 0.1) is 0 Å². The summed E-state index contributed by atoms with van der Waals surface area (Å²) >= 11 is 0. The Morgan fingerprint density at radius 1 is 1.29 bits per heavy atom. The van der Waals surface area contributed by atoms with Gasteiger partial charge in [0, 0.05) is 25.7 Å². The molecule has 0 aromatic rings. The molecule has 0 aromatic heterocycles. The normalized spacial score (nSPS) is 34.7. The summed E-state index contributed by atoms with van der Waals surface area (Å²) in [5.74, 6) is 1.90. The molecule has 0 bridgehead atoms. The fourth-order valence-electron chi connectivity index (χ4n) is 4.72. The Bertz CT molecular complexity index is 302. The van der Waals surface area contributed by atoms with E-state index >= 15 is 0 Å². The van der Waals surface area contributed by atoms with Crippen molar-refractivity contribution in [3.8, 4) is 0 Å². The number of nitrogens with one attached hydrogen (secondary N) is 1. The summed E-state index contributed by atoms with van der Waals surface area (Å²) in [5.41, 5.74) is 0.545. The summed E-state index contributed by atoms with van der Waals surface area (Å²) in [6.45, 7) is 14.7. The van der Waals surface area contributed by atoms with Gasteiger partial charge in [0.2, 0.25) is 0 Å². The Balaban J connectivity index is 1.92. The molecule has 0 radical (unpaired) electrons. The lowest BCUT2D eigenvalue weighted by atomic mass is 9.69. The number of nitrogens with zero attached hydrogens (tertiary/aromatic N) is 1. The molecule has 0 amide bonds. The van der Waals surface area contributed by atoms with Gasteiger partial charge < -0.3 is 10.2 Å². The molecule has 2 fully saturated rings. The minimum absolute atomic E-state index is 0.545. The predicted octanol–water partition coefficient (Wildman–Crippen LogP) is 4.30. The van der Waals surface area contributed by atoms with Crippen LogP contribution in [-0.2, 0) is 0 Å². The molecule has 0 aromatic carbocycles. The van der Waals surface area contributed by atoms with Crippen molar-refractivity contribution in [1.82, 2.24) is 10.2 Å². The van der Waals surface area contributed by atoms with Crippen molar-refractivity contribution in [3.63, 3.8) is 0 Å². The standard InChI is InChI=1S/C19H38N2/c1-5-7-18-9-11-21(13-18)15-19(14-20-16(2)3)10-6-8-17(4)12-19/h16-18,20H,5-15H2,1-4H3. The first-order chi connectivity index (χ1) is 10.0. The summed E-state index contributed by atoms with van der Waals surface area (Å²) < 4.78 is 0. The van der Waals surface area contributed by atoms with E-state index in [0.29, 0.717) is 11.5 Å². The van der Waals surface area contributed by atoms with Crippen LogP contribution in [-0.4, -0.2) is 37.1 Å². The highest BCUT2D eigenvalue weighted by Crippen LogP contribution is 2.40. The monoisotopic (exact) mass is 294 g/mol. The van der Waals surface area contributed by atoms with Crippen molar-refractivity contribution < 1.29 is 0 Å². The van der Waals surface area contributed by atoms with Crippen LogP contribution in [0.1, 0.15) is 72.6 Å². The first kappa shape index (κ1) is 17.3. The zero-order valence-electron chi connectivity index (χ0n) is 15.0. The fraction of sp³-hybridized carbons (Fsp3) is 1.00. The average Bonchev–Trinajstić information content (AvgIpc) is 2.84. The second-order valence-corrected chi connectivity index (χ2v) is 8.42. The van der Waals surface area contributed by atoms with Crippen molar-refractivity contribution in [3.05, 3.63) is 0 Å². The number of hydrogen-bond donors (Lipinski definition) is 1. The van der Waals surface area contributed by atoms with Crippen LogP contribution in [0.5, 0.6) is 0 Å². The molecule has 3 unspecified atom stereocenters. The summed E-state index contributed by atoms with van der Waals surface area (Å²) in [6.07, 6.45) is 9.99. The van der Waals surface area contributed by atoms with Crippen LogP contribution in [0.25, 0.3) is 0 Å². The van der Waals surface area contributed by atoms with Gasteiger partial charge in [-0.15, -0.1) is 0 Å². The Morgan fingerprint density at radius 3 is 2.76 bits per heavy atom. The van der Waals surface area contributed by atoms with Crippen molar-refractivity contribution in [2.45, 2.75) is 78.7 Å². The Kier molecular flexibility index (Phi) is 6.55. The van der Waals surface area contributed by atoms with Crippen LogP contribution in [0.15, 0.2) is 0 Å². The van der Waals surface area contributed by atoms with Gasteiger partial charge in [0.1, 0.15) is 0 Å². The zero-order chi connectivity index (χ0) is 15.3. The van der Waals surface area contributed by atoms with Crippen LogP contribution in [0.4, 0.5) is 0 Å². The first-order valence-corrected chi connectivity index (χ1v) is 9.49. The van der Waals surface area contributed by atoms with Crippen LogP contribution in [0.3, 0.4) is 0 Å². The Morgan fingerprint density at radius 2 is 2.10 bits per heavy atom. The molecule has 21 heavy (non-hydrogen) atoms. The van der Waals surface area contributed by atoms with Gasteiger partial charge in [0.15, 0.2) is 0 Å². The molecular formula is C19H38N2. The molecule has 124 valence electrons. The second-order valence-electron chi connectivity index (χ2n) is 8.42. The maximum Gasteiger partial charge on any atom is 0.00504 e. The van der Waals surface area contributed by atoms with Gasteiger partial charge in [-0.1, -0.05) is 47.0 Å².